The maximum atomic E-state index is 11.7. The normalized spacial score (nSPS) is 17.6. The van der Waals surface area contributed by atoms with Crippen molar-refractivity contribution in [3.05, 3.63) is 0 Å². The van der Waals surface area contributed by atoms with E-state index < -0.39 is 11.7 Å². The Morgan fingerprint density at radius 2 is 2.12 bits per heavy atom. The van der Waals surface area contributed by atoms with Gasteiger partial charge in [-0.25, -0.2) is 14.6 Å². The van der Waals surface area contributed by atoms with Crippen molar-refractivity contribution in [3.8, 4) is 0 Å². The number of ether oxygens (including phenoxy) is 1. The van der Waals surface area contributed by atoms with E-state index in [4.69, 9.17) is 4.74 Å². The van der Waals surface area contributed by atoms with Gasteiger partial charge >= 0.3 is 6.09 Å². The Balaban J connectivity index is 2.45. The summed E-state index contributed by atoms with van der Waals surface area (Å²) in [6.45, 7) is 5.89. The highest BCUT2D eigenvalue weighted by Crippen LogP contribution is 2.35. The predicted molar refractivity (Wildman–Crippen MR) is 63.6 cm³/mol. The zero-order valence-corrected chi connectivity index (χ0v) is 10.7. The Labute approximate surface area is 102 Å². The molecule has 0 heterocycles. The summed E-state index contributed by atoms with van der Waals surface area (Å²) in [5, 5.41) is 2.89. The maximum Gasteiger partial charge on any atom is 0.408 e. The molecule has 0 aromatic rings. The summed E-state index contributed by atoms with van der Waals surface area (Å²) < 4.78 is 5.22. The van der Waals surface area contributed by atoms with E-state index >= 15 is 0 Å². The van der Waals surface area contributed by atoms with Gasteiger partial charge in [0.1, 0.15) is 5.60 Å². The molecule has 1 fully saturated rings. The molecular weight excluding hydrogens is 220 g/mol. The van der Waals surface area contributed by atoms with Crippen LogP contribution in [-0.2, 0) is 9.53 Å². The highest BCUT2D eigenvalue weighted by atomic mass is 16.6. The average molecular weight is 240 g/mol. The summed E-state index contributed by atoms with van der Waals surface area (Å²) in [7, 11) is 0. The number of rotatable bonds is 4. The largest absolute Gasteiger partial charge is 0.444 e. The van der Waals surface area contributed by atoms with E-state index in [1.165, 1.54) is 6.08 Å². The molecule has 0 atom stereocenters. The number of hydrogen-bond acceptors (Lipinski definition) is 4. The van der Waals surface area contributed by atoms with E-state index in [1.54, 1.807) is 0 Å². The minimum Gasteiger partial charge on any atom is -0.444 e. The van der Waals surface area contributed by atoms with Crippen molar-refractivity contribution in [3.63, 3.8) is 0 Å². The highest BCUT2D eigenvalue weighted by Gasteiger charge is 2.38. The van der Waals surface area contributed by atoms with E-state index in [9.17, 15) is 9.59 Å². The molecule has 0 bridgehead atoms. The van der Waals surface area contributed by atoms with Crippen LogP contribution >= 0.6 is 0 Å². The van der Waals surface area contributed by atoms with E-state index in [0.717, 1.165) is 19.3 Å². The van der Waals surface area contributed by atoms with Crippen LogP contribution in [0, 0.1) is 0 Å². The Bertz CT molecular complexity index is 323. The molecule has 0 aliphatic heterocycles. The van der Waals surface area contributed by atoms with E-state index in [0.29, 0.717) is 13.0 Å². The predicted octanol–water partition coefficient (Wildman–Crippen LogP) is 2.16. The molecule has 0 aromatic heterocycles. The number of aliphatic imine (C=N–C) groups is 1. The molecule has 0 spiro atoms. The molecule has 96 valence electrons. The van der Waals surface area contributed by atoms with Crippen LogP contribution in [0.4, 0.5) is 4.79 Å². The summed E-state index contributed by atoms with van der Waals surface area (Å²) in [5.41, 5.74) is -0.724. The SMILES string of the molecule is CC(C)(C)OC(=O)NC1(CCN=C=O)CCC1. The number of amides is 1. The lowest BCUT2D eigenvalue weighted by molar-refractivity contribution is 0.0374. The zero-order valence-electron chi connectivity index (χ0n) is 10.7. The number of carbonyl (C=O) groups excluding carboxylic acids is 2. The van der Waals surface area contributed by atoms with Gasteiger partial charge < -0.3 is 10.1 Å². The van der Waals surface area contributed by atoms with Crippen molar-refractivity contribution in [1.29, 1.82) is 0 Å². The Morgan fingerprint density at radius 3 is 2.53 bits per heavy atom. The lowest BCUT2D eigenvalue weighted by Crippen LogP contribution is -2.54. The van der Waals surface area contributed by atoms with Gasteiger partial charge in [0.2, 0.25) is 6.08 Å². The van der Waals surface area contributed by atoms with Crippen LogP contribution in [-0.4, -0.2) is 29.9 Å². The molecule has 1 aliphatic carbocycles. The molecule has 1 rings (SSSR count). The van der Waals surface area contributed by atoms with Gasteiger partial charge in [-0.3, -0.25) is 0 Å². The first kappa shape index (κ1) is 13.7. The first-order chi connectivity index (χ1) is 7.87. The maximum absolute atomic E-state index is 11.7. The van der Waals surface area contributed by atoms with Crippen molar-refractivity contribution < 1.29 is 14.3 Å². The standard InChI is InChI=1S/C12H20N2O3/c1-11(2,3)17-10(16)14-12(5-4-6-12)7-8-13-9-15/h4-8H2,1-3H3,(H,14,16). The zero-order chi connectivity index (χ0) is 12.9. The highest BCUT2D eigenvalue weighted by molar-refractivity contribution is 5.69. The van der Waals surface area contributed by atoms with Crippen LogP contribution in [0.3, 0.4) is 0 Å². The fraction of sp³-hybridized carbons (Fsp3) is 0.833. The molecule has 0 aromatic carbocycles. The molecule has 1 amide bonds. The molecule has 1 saturated carbocycles. The molecule has 0 saturated heterocycles. The van der Waals surface area contributed by atoms with Crippen LogP contribution in [0.5, 0.6) is 0 Å². The van der Waals surface area contributed by atoms with E-state index in [-0.39, 0.29) is 5.54 Å². The van der Waals surface area contributed by atoms with Crippen molar-refractivity contribution in [2.45, 2.75) is 57.6 Å². The number of isocyanates is 1. The van der Waals surface area contributed by atoms with Gasteiger partial charge in [-0.15, -0.1) is 0 Å². The molecular formula is C12H20N2O3. The third kappa shape index (κ3) is 4.57. The Hall–Kier alpha value is -1.35. The van der Waals surface area contributed by atoms with Gasteiger partial charge in [-0.05, 0) is 46.5 Å². The quantitative estimate of drug-likeness (QED) is 0.604. The summed E-state index contributed by atoms with van der Waals surface area (Å²) >= 11 is 0. The van der Waals surface area contributed by atoms with Crippen LogP contribution < -0.4 is 5.32 Å². The van der Waals surface area contributed by atoms with Crippen LogP contribution in [0.25, 0.3) is 0 Å². The van der Waals surface area contributed by atoms with Crippen molar-refractivity contribution in [1.82, 2.24) is 5.32 Å². The lowest BCUT2D eigenvalue weighted by atomic mass is 9.74. The number of carbonyl (C=O) groups is 1. The monoisotopic (exact) mass is 240 g/mol. The third-order valence-electron chi connectivity index (χ3n) is 2.84. The Kier molecular flexibility index (Phi) is 4.29. The van der Waals surface area contributed by atoms with Gasteiger partial charge in [0, 0.05) is 5.54 Å². The van der Waals surface area contributed by atoms with Crippen LogP contribution in [0.1, 0.15) is 46.5 Å². The molecule has 0 radical (unpaired) electrons. The topological polar surface area (TPSA) is 67.8 Å². The van der Waals surface area contributed by atoms with Gasteiger partial charge in [0.05, 0.1) is 6.54 Å². The summed E-state index contributed by atoms with van der Waals surface area (Å²) in [5.74, 6) is 0. The second kappa shape index (κ2) is 5.32. The van der Waals surface area contributed by atoms with Gasteiger partial charge in [-0.1, -0.05) is 0 Å². The van der Waals surface area contributed by atoms with Crippen molar-refractivity contribution in [2.24, 2.45) is 4.99 Å². The number of alkyl carbamates (subject to hydrolysis) is 1. The molecule has 5 heteroatoms. The Morgan fingerprint density at radius 1 is 1.47 bits per heavy atom. The third-order valence-corrected chi connectivity index (χ3v) is 2.84. The molecule has 17 heavy (non-hydrogen) atoms. The van der Waals surface area contributed by atoms with Crippen LogP contribution in [0.15, 0.2) is 4.99 Å². The lowest BCUT2D eigenvalue weighted by Gasteiger charge is -2.42. The summed E-state index contributed by atoms with van der Waals surface area (Å²) in [6.07, 6.45) is 4.70. The van der Waals surface area contributed by atoms with E-state index in [1.807, 2.05) is 20.8 Å². The fourth-order valence-corrected chi connectivity index (χ4v) is 1.88. The number of hydrogen-bond donors (Lipinski definition) is 1. The smallest absolute Gasteiger partial charge is 0.408 e. The van der Waals surface area contributed by atoms with Gasteiger partial charge in [-0.2, -0.15) is 0 Å². The average Bonchev–Trinajstić information content (AvgIpc) is 2.11. The first-order valence-corrected chi connectivity index (χ1v) is 5.92. The van der Waals surface area contributed by atoms with Gasteiger partial charge in [0.15, 0.2) is 0 Å². The summed E-state index contributed by atoms with van der Waals surface area (Å²) in [6, 6.07) is 0. The fourth-order valence-electron chi connectivity index (χ4n) is 1.88. The molecule has 0 unspecified atom stereocenters. The minimum absolute atomic E-state index is 0.233. The van der Waals surface area contributed by atoms with Gasteiger partial charge in [0.25, 0.3) is 0 Å². The minimum atomic E-state index is -0.490. The first-order valence-electron chi connectivity index (χ1n) is 5.92. The van der Waals surface area contributed by atoms with Crippen molar-refractivity contribution >= 4 is 12.2 Å². The second-order valence-corrected chi connectivity index (χ2v) is 5.48. The number of nitrogens with one attached hydrogen (secondary N) is 1. The van der Waals surface area contributed by atoms with Crippen molar-refractivity contribution in [2.75, 3.05) is 6.54 Å². The van der Waals surface area contributed by atoms with E-state index in [2.05, 4.69) is 10.3 Å². The van der Waals surface area contributed by atoms with Crippen LogP contribution in [0.2, 0.25) is 0 Å². The molecule has 5 nitrogen and oxygen atoms in total. The summed E-state index contributed by atoms with van der Waals surface area (Å²) in [4.78, 5) is 25.2. The molecule has 1 N–H and O–H groups in total. The molecule has 1 aliphatic rings. The second-order valence-electron chi connectivity index (χ2n) is 5.48. The number of nitrogens with zero attached hydrogens (tertiary/aromatic N) is 1.